The van der Waals surface area contributed by atoms with Gasteiger partial charge in [-0.3, -0.25) is 4.79 Å². The van der Waals surface area contributed by atoms with Crippen LogP contribution in [-0.4, -0.2) is 23.6 Å². The molecule has 0 aromatic heterocycles. The summed E-state index contributed by atoms with van der Waals surface area (Å²) in [5, 5.41) is 3.08. The van der Waals surface area contributed by atoms with Crippen LogP contribution in [0, 0.1) is 0 Å². The SMILES string of the molecule is CC(CCc1ccc(OC(C)C)cc1)NC(=O)C1(N)CCCC1. The van der Waals surface area contributed by atoms with Crippen LogP contribution in [0.2, 0.25) is 0 Å². The van der Waals surface area contributed by atoms with Gasteiger partial charge in [0.25, 0.3) is 0 Å². The maximum Gasteiger partial charge on any atom is 0.240 e. The number of benzene rings is 1. The monoisotopic (exact) mass is 318 g/mol. The minimum absolute atomic E-state index is 0.0168. The molecule has 1 saturated carbocycles. The molecular formula is C19H30N2O2. The molecule has 0 aliphatic heterocycles. The summed E-state index contributed by atoms with van der Waals surface area (Å²) < 4.78 is 5.64. The third-order valence-corrected chi connectivity index (χ3v) is 4.49. The Balaban J connectivity index is 1.77. The Morgan fingerprint density at radius 3 is 2.39 bits per heavy atom. The van der Waals surface area contributed by atoms with Gasteiger partial charge in [-0.1, -0.05) is 25.0 Å². The molecule has 0 radical (unpaired) electrons. The standard InChI is InChI=1S/C19H30N2O2/c1-14(2)23-17-10-8-16(9-11-17)7-6-15(3)21-18(22)19(20)12-4-5-13-19/h8-11,14-15H,4-7,12-13,20H2,1-3H3,(H,21,22). The van der Waals surface area contributed by atoms with E-state index < -0.39 is 5.54 Å². The lowest BCUT2D eigenvalue weighted by Gasteiger charge is -2.25. The zero-order valence-electron chi connectivity index (χ0n) is 14.6. The Kier molecular flexibility index (Phi) is 6.05. The topological polar surface area (TPSA) is 64.3 Å². The van der Waals surface area contributed by atoms with Gasteiger partial charge in [0.1, 0.15) is 5.75 Å². The molecule has 1 aromatic carbocycles. The van der Waals surface area contributed by atoms with Crippen molar-refractivity contribution in [2.24, 2.45) is 5.73 Å². The molecule has 0 bridgehead atoms. The molecule has 2 rings (SSSR count). The average molecular weight is 318 g/mol. The molecule has 0 spiro atoms. The molecule has 4 heteroatoms. The summed E-state index contributed by atoms with van der Waals surface area (Å²) in [7, 11) is 0. The molecule has 1 amide bonds. The lowest BCUT2D eigenvalue weighted by atomic mass is 9.97. The quantitative estimate of drug-likeness (QED) is 0.811. The molecule has 1 atom stereocenters. The van der Waals surface area contributed by atoms with Crippen molar-refractivity contribution in [3.63, 3.8) is 0 Å². The lowest BCUT2D eigenvalue weighted by molar-refractivity contribution is -0.126. The third-order valence-electron chi connectivity index (χ3n) is 4.49. The van der Waals surface area contributed by atoms with Crippen molar-refractivity contribution in [1.29, 1.82) is 0 Å². The number of nitrogens with one attached hydrogen (secondary N) is 1. The number of hydrogen-bond acceptors (Lipinski definition) is 3. The van der Waals surface area contributed by atoms with E-state index in [0.29, 0.717) is 0 Å². The van der Waals surface area contributed by atoms with Crippen molar-refractivity contribution in [2.45, 2.75) is 77.0 Å². The highest BCUT2D eigenvalue weighted by atomic mass is 16.5. The summed E-state index contributed by atoms with van der Waals surface area (Å²) in [6.07, 6.45) is 5.76. The number of ether oxygens (including phenoxy) is 1. The minimum Gasteiger partial charge on any atom is -0.491 e. The second kappa shape index (κ2) is 7.82. The van der Waals surface area contributed by atoms with Crippen LogP contribution in [0.1, 0.15) is 58.4 Å². The highest BCUT2D eigenvalue weighted by Crippen LogP contribution is 2.27. The largest absolute Gasteiger partial charge is 0.491 e. The van der Waals surface area contributed by atoms with Crippen molar-refractivity contribution in [1.82, 2.24) is 5.32 Å². The normalized spacial score (nSPS) is 18.0. The molecular weight excluding hydrogens is 288 g/mol. The zero-order valence-corrected chi connectivity index (χ0v) is 14.6. The molecule has 1 aliphatic carbocycles. The van der Waals surface area contributed by atoms with E-state index in [4.69, 9.17) is 10.5 Å². The Labute approximate surface area is 139 Å². The van der Waals surface area contributed by atoms with Gasteiger partial charge >= 0.3 is 0 Å². The van der Waals surface area contributed by atoms with Crippen molar-refractivity contribution < 1.29 is 9.53 Å². The van der Waals surface area contributed by atoms with Gasteiger partial charge in [0, 0.05) is 6.04 Å². The first-order valence-electron chi connectivity index (χ1n) is 8.74. The van der Waals surface area contributed by atoms with Gasteiger partial charge in [0.15, 0.2) is 0 Å². The van der Waals surface area contributed by atoms with Crippen molar-refractivity contribution in [3.8, 4) is 5.75 Å². The zero-order chi connectivity index (χ0) is 16.9. The predicted octanol–water partition coefficient (Wildman–Crippen LogP) is 3.18. The van der Waals surface area contributed by atoms with Gasteiger partial charge in [-0.25, -0.2) is 0 Å². The van der Waals surface area contributed by atoms with Gasteiger partial charge in [-0.2, -0.15) is 0 Å². The number of amides is 1. The van der Waals surface area contributed by atoms with E-state index in [9.17, 15) is 4.79 Å². The van der Waals surface area contributed by atoms with Crippen molar-refractivity contribution >= 4 is 5.91 Å². The van der Waals surface area contributed by atoms with Gasteiger partial charge in [-0.05, 0) is 64.2 Å². The molecule has 0 saturated heterocycles. The first kappa shape index (κ1) is 17.8. The number of hydrogen-bond donors (Lipinski definition) is 2. The summed E-state index contributed by atoms with van der Waals surface area (Å²) in [4.78, 5) is 12.3. The minimum atomic E-state index is -0.635. The average Bonchev–Trinajstić information content (AvgIpc) is 2.94. The predicted molar refractivity (Wildman–Crippen MR) is 93.5 cm³/mol. The van der Waals surface area contributed by atoms with E-state index in [1.54, 1.807) is 0 Å². The Bertz CT molecular complexity index is 505. The smallest absolute Gasteiger partial charge is 0.240 e. The van der Waals surface area contributed by atoms with Crippen LogP contribution in [0.15, 0.2) is 24.3 Å². The first-order chi connectivity index (χ1) is 10.9. The Morgan fingerprint density at radius 2 is 1.83 bits per heavy atom. The van der Waals surface area contributed by atoms with E-state index in [-0.39, 0.29) is 18.1 Å². The fourth-order valence-corrected chi connectivity index (χ4v) is 3.06. The van der Waals surface area contributed by atoms with Gasteiger partial charge in [0.2, 0.25) is 5.91 Å². The summed E-state index contributed by atoms with van der Waals surface area (Å²) in [5.74, 6) is 0.916. The Hall–Kier alpha value is -1.55. The van der Waals surface area contributed by atoms with E-state index in [0.717, 1.165) is 44.3 Å². The number of carbonyl (C=O) groups is 1. The molecule has 3 N–H and O–H groups in total. The van der Waals surface area contributed by atoms with Crippen LogP contribution in [0.3, 0.4) is 0 Å². The molecule has 1 fully saturated rings. The van der Waals surface area contributed by atoms with Crippen LogP contribution >= 0.6 is 0 Å². The highest BCUT2D eigenvalue weighted by Gasteiger charge is 2.37. The van der Waals surface area contributed by atoms with Crippen LogP contribution < -0.4 is 15.8 Å². The summed E-state index contributed by atoms with van der Waals surface area (Å²) in [6.45, 7) is 6.09. The third kappa shape index (κ3) is 5.24. The van der Waals surface area contributed by atoms with Crippen LogP contribution in [0.25, 0.3) is 0 Å². The number of carbonyl (C=O) groups excluding carboxylic acids is 1. The number of nitrogens with two attached hydrogens (primary N) is 1. The summed E-state index contributed by atoms with van der Waals surface area (Å²) in [5.41, 5.74) is 6.81. The summed E-state index contributed by atoms with van der Waals surface area (Å²) in [6, 6.07) is 8.33. The maximum atomic E-state index is 12.3. The highest BCUT2D eigenvalue weighted by molar-refractivity contribution is 5.86. The molecule has 128 valence electrons. The van der Waals surface area contributed by atoms with E-state index >= 15 is 0 Å². The number of rotatable bonds is 7. The molecule has 4 nitrogen and oxygen atoms in total. The second-order valence-corrected chi connectivity index (χ2v) is 7.09. The summed E-state index contributed by atoms with van der Waals surface area (Å²) >= 11 is 0. The first-order valence-corrected chi connectivity index (χ1v) is 8.74. The molecule has 1 unspecified atom stereocenters. The number of aryl methyl sites for hydroxylation is 1. The molecule has 23 heavy (non-hydrogen) atoms. The second-order valence-electron chi connectivity index (χ2n) is 7.09. The van der Waals surface area contributed by atoms with E-state index in [1.807, 2.05) is 32.9 Å². The molecule has 1 aliphatic rings. The van der Waals surface area contributed by atoms with Crippen molar-refractivity contribution in [3.05, 3.63) is 29.8 Å². The lowest BCUT2D eigenvalue weighted by Crippen LogP contribution is -2.54. The maximum absolute atomic E-state index is 12.3. The van der Waals surface area contributed by atoms with E-state index in [1.165, 1.54) is 5.56 Å². The van der Waals surface area contributed by atoms with E-state index in [2.05, 4.69) is 17.4 Å². The van der Waals surface area contributed by atoms with Crippen LogP contribution in [-0.2, 0) is 11.2 Å². The molecule has 0 heterocycles. The Morgan fingerprint density at radius 1 is 1.22 bits per heavy atom. The van der Waals surface area contributed by atoms with Gasteiger partial charge < -0.3 is 15.8 Å². The molecule has 1 aromatic rings. The van der Waals surface area contributed by atoms with Crippen LogP contribution in [0.5, 0.6) is 5.75 Å². The van der Waals surface area contributed by atoms with Crippen LogP contribution in [0.4, 0.5) is 0 Å². The fraction of sp³-hybridized carbons (Fsp3) is 0.632. The van der Waals surface area contributed by atoms with Crippen molar-refractivity contribution in [2.75, 3.05) is 0 Å². The van der Waals surface area contributed by atoms with Gasteiger partial charge in [0.05, 0.1) is 11.6 Å². The van der Waals surface area contributed by atoms with Gasteiger partial charge in [-0.15, -0.1) is 0 Å². The fourth-order valence-electron chi connectivity index (χ4n) is 3.06.